The molecule has 3 N–H and O–H groups in total. The number of aliphatic carboxylic acids is 1. The Kier molecular flexibility index (Phi) is 15.2. The summed E-state index contributed by atoms with van der Waals surface area (Å²) in [7, 11) is 5.31. The van der Waals surface area contributed by atoms with E-state index >= 15 is 0 Å². The molecule has 1 amide bonds. The van der Waals surface area contributed by atoms with Gasteiger partial charge in [-0.3, -0.25) is 24.1 Å². The van der Waals surface area contributed by atoms with E-state index in [1.807, 2.05) is 67.6 Å². The third-order valence-electron chi connectivity index (χ3n) is 8.91. The number of likely N-dealkylation sites (tertiary alicyclic amines) is 1. The normalized spacial score (nSPS) is 13.8. The van der Waals surface area contributed by atoms with Gasteiger partial charge in [-0.2, -0.15) is 0 Å². The first-order valence-corrected chi connectivity index (χ1v) is 17.8. The summed E-state index contributed by atoms with van der Waals surface area (Å²) in [5.74, 6) is -1.15. The molecule has 0 radical (unpaired) electrons. The molecule has 4 aromatic rings. The second kappa shape index (κ2) is 19.0. The maximum atomic E-state index is 13.2. The van der Waals surface area contributed by atoms with E-state index in [9.17, 15) is 24.3 Å². The Balaban J connectivity index is 0.000000393. The van der Waals surface area contributed by atoms with Crippen molar-refractivity contribution in [3.05, 3.63) is 97.9 Å². The number of hydrogen-bond acceptors (Lipinski definition) is 7. The minimum Gasteiger partial charge on any atom is -0.481 e. The molecule has 0 aliphatic carbocycles. The molecule has 1 unspecified atom stereocenters. The highest BCUT2D eigenvalue weighted by Crippen LogP contribution is 2.37. The van der Waals surface area contributed by atoms with Crippen molar-refractivity contribution in [3.63, 3.8) is 0 Å². The first-order chi connectivity index (χ1) is 24.4. The molecule has 0 bridgehead atoms. The molecule has 2 aromatic carbocycles. The van der Waals surface area contributed by atoms with Crippen LogP contribution in [0.25, 0.3) is 11.1 Å². The Bertz CT molecular complexity index is 1900. The fourth-order valence-corrected chi connectivity index (χ4v) is 6.52. The fraction of sp³-hybridized carbons (Fsp3) is 0.410. The van der Waals surface area contributed by atoms with Gasteiger partial charge >= 0.3 is 5.97 Å². The summed E-state index contributed by atoms with van der Waals surface area (Å²) < 4.78 is 3.29. The SMILES string of the molecule is CC.CCCc1c(CC)nc(C=O)n1C.CNc1cccc(-c2cccc(NC(=O)c3cc(CN4CCC(C(=O)O)C4)cn(C)c3=O)c2C)c1Cl. The zero-order chi connectivity index (χ0) is 37.8. The van der Waals surface area contributed by atoms with E-state index in [1.165, 1.54) is 10.3 Å². The van der Waals surface area contributed by atoms with E-state index in [4.69, 9.17) is 11.6 Å². The van der Waals surface area contributed by atoms with Gasteiger partial charge in [0.2, 0.25) is 0 Å². The van der Waals surface area contributed by atoms with Crippen LogP contribution in [0, 0.1) is 12.8 Å². The smallest absolute Gasteiger partial charge is 0.307 e. The van der Waals surface area contributed by atoms with Crippen LogP contribution in [0.5, 0.6) is 0 Å². The van der Waals surface area contributed by atoms with E-state index in [-0.39, 0.29) is 5.56 Å². The number of carboxylic acid groups (broad SMARTS) is 1. The summed E-state index contributed by atoms with van der Waals surface area (Å²) in [5, 5.41) is 15.8. The van der Waals surface area contributed by atoms with E-state index < -0.39 is 23.4 Å². The van der Waals surface area contributed by atoms with Crippen LogP contribution in [-0.2, 0) is 38.3 Å². The standard InChI is InChI=1S/C27H29ClN4O4.C10H16N2O.C2H6/c1-16-19(20-7-5-9-23(29-2)24(20)28)6-4-8-22(16)30-25(33)21-12-17(13-31(3)26(21)34)14-32-11-10-18(15-32)27(35)36;1-4-6-9-8(5-2)11-10(7-13)12(9)3;1-2/h4-9,12-13,18,29H,10-11,14-15H2,1-3H3,(H,30,33)(H,35,36);7H,4-6H2,1-3H3;1-2H3. The van der Waals surface area contributed by atoms with Crippen molar-refractivity contribution in [2.24, 2.45) is 20.0 Å². The Labute approximate surface area is 305 Å². The molecule has 12 heteroatoms. The molecular weight excluding hydrogens is 668 g/mol. The van der Waals surface area contributed by atoms with Gasteiger partial charge in [0.1, 0.15) is 5.56 Å². The van der Waals surface area contributed by atoms with Crippen molar-refractivity contribution in [2.75, 3.05) is 30.8 Å². The molecule has 1 saturated heterocycles. The van der Waals surface area contributed by atoms with Gasteiger partial charge < -0.3 is 24.9 Å². The number of anilines is 2. The molecule has 1 fully saturated rings. The molecule has 0 spiro atoms. The first-order valence-electron chi connectivity index (χ1n) is 17.5. The van der Waals surface area contributed by atoms with Gasteiger partial charge in [0.15, 0.2) is 12.1 Å². The van der Waals surface area contributed by atoms with E-state index in [0.717, 1.165) is 59.2 Å². The number of halogens is 1. The van der Waals surface area contributed by atoms with Crippen molar-refractivity contribution in [1.82, 2.24) is 19.0 Å². The Morgan fingerprint density at radius 3 is 2.33 bits per heavy atom. The summed E-state index contributed by atoms with van der Waals surface area (Å²) in [6.07, 6.45) is 6.09. The zero-order valence-corrected chi connectivity index (χ0v) is 31.7. The van der Waals surface area contributed by atoms with Gasteiger partial charge in [0.25, 0.3) is 11.5 Å². The molecule has 5 rings (SSSR count). The summed E-state index contributed by atoms with van der Waals surface area (Å²) in [5.41, 5.74) is 6.58. The number of aldehydes is 1. The van der Waals surface area contributed by atoms with Gasteiger partial charge in [-0.1, -0.05) is 70.0 Å². The number of benzene rings is 2. The monoisotopic (exact) mass is 718 g/mol. The second-order valence-corrected chi connectivity index (χ2v) is 12.6. The Hall–Kier alpha value is -4.74. The third kappa shape index (κ3) is 9.74. The average Bonchev–Trinajstić information content (AvgIpc) is 3.72. The number of aromatic nitrogens is 3. The number of nitrogens with one attached hydrogen (secondary N) is 2. The predicted octanol–water partition coefficient (Wildman–Crippen LogP) is 6.99. The highest BCUT2D eigenvalue weighted by Gasteiger charge is 2.28. The molecule has 0 saturated carbocycles. The van der Waals surface area contributed by atoms with Crippen molar-refractivity contribution in [3.8, 4) is 11.1 Å². The first kappa shape index (κ1) is 40.7. The van der Waals surface area contributed by atoms with E-state index in [2.05, 4.69) is 29.5 Å². The van der Waals surface area contributed by atoms with Crippen LogP contribution in [-0.4, -0.2) is 62.4 Å². The molecule has 11 nitrogen and oxygen atoms in total. The highest BCUT2D eigenvalue weighted by molar-refractivity contribution is 6.36. The van der Waals surface area contributed by atoms with E-state index in [0.29, 0.717) is 42.6 Å². The van der Waals surface area contributed by atoms with Gasteiger partial charge in [-0.05, 0) is 67.6 Å². The number of pyridine rings is 1. The average molecular weight is 719 g/mol. The van der Waals surface area contributed by atoms with Crippen LogP contribution in [0.3, 0.4) is 0 Å². The highest BCUT2D eigenvalue weighted by atomic mass is 35.5. The van der Waals surface area contributed by atoms with Crippen LogP contribution in [0.4, 0.5) is 11.4 Å². The number of carboxylic acids is 1. The van der Waals surface area contributed by atoms with Crippen LogP contribution < -0.4 is 16.2 Å². The van der Waals surface area contributed by atoms with Crippen molar-refractivity contribution in [2.45, 2.75) is 66.8 Å². The Morgan fingerprint density at radius 2 is 1.75 bits per heavy atom. The number of rotatable bonds is 11. The lowest BCUT2D eigenvalue weighted by Gasteiger charge is -2.17. The van der Waals surface area contributed by atoms with Gasteiger partial charge in [0, 0.05) is 57.4 Å². The van der Waals surface area contributed by atoms with Crippen molar-refractivity contribution in [1.29, 1.82) is 0 Å². The largest absolute Gasteiger partial charge is 0.481 e. The zero-order valence-electron chi connectivity index (χ0n) is 31.0. The summed E-state index contributed by atoms with van der Waals surface area (Å²) >= 11 is 6.59. The van der Waals surface area contributed by atoms with Crippen molar-refractivity contribution >= 4 is 41.1 Å². The fourth-order valence-electron chi connectivity index (χ4n) is 6.20. The number of imidazole rings is 1. The predicted molar refractivity (Wildman–Crippen MR) is 205 cm³/mol. The Morgan fingerprint density at radius 1 is 1.08 bits per heavy atom. The lowest BCUT2D eigenvalue weighted by Crippen LogP contribution is -2.29. The summed E-state index contributed by atoms with van der Waals surface area (Å²) in [4.78, 5) is 54.2. The van der Waals surface area contributed by atoms with Crippen LogP contribution in [0.15, 0.2) is 53.5 Å². The van der Waals surface area contributed by atoms with Gasteiger partial charge in [-0.25, -0.2) is 4.98 Å². The molecule has 274 valence electrons. The summed E-state index contributed by atoms with van der Waals surface area (Å²) in [6.45, 7) is 11.7. The number of nitrogens with zero attached hydrogens (tertiary/aromatic N) is 4. The molecule has 3 heterocycles. The minimum absolute atomic E-state index is 0.0315. The molecule has 51 heavy (non-hydrogen) atoms. The van der Waals surface area contributed by atoms with Crippen LogP contribution >= 0.6 is 11.6 Å². The lowest BCUT2D eigenvalue weighted by atomic mass is 9.98. The molecular formula is C39H51ClN6O5. The van der Waals surface area contributed by atoms with Crippen molar-refractivity contribution < 1.29 is 19.5 Å². The van der Waals surface area contributed by atoms with Gasteiger partial charge in [-0.15, -0.1) is 0 Å². The van der Waals surface area contributed by atoms with E-state index in [1.54, 1.807) is 32.4 Å². The van der Waals surface area contributed by atoms with Crippen LogP contribution in [0.2, 0.25) is 5.02 Å². The molecule has 1 atom stereocenters. The van der Waals surface area contributed by atoms with Gasteiger partial charge in [0.05, 0.1) is 22.3 Å². The number of hydrogen-bond donors (Lipinski definition) is 3. The molecule has 2 aromatic heterocycles. The molecule has 1 aliphatic heterocycles. The second-order valence-electron chi connectivity index (χ2n) is 12.2. The lowest BCUT2D eigenvalue weighted by molar-refractivity contribution is -0.141. The topological polar surface area (TPSA) is 139 Å². The summed E-state index contributed by atoms with van der Waals surface area (Å²) in [6, 6.07) is 12.9. The van der Waals surface area contributed by atoms with Crippen LogP contribution in [0.1, 0.15) is 84.0 Å². The molecule has 1 aliphatic rings. The maximum Gasteiger partial charge on any atom is 0.307 e. The third-order valence-corrected chi connectivity index (χ3v) is 9.32. The quantitative estimate of drug-likeness (QED) is 0.141. The number of carbonyl (C=O) groups excluding carboxylic acids is 2. The number of carbonyl (C=O) groups is 3. The maximum absolute atomic E-state index is 13.2. The number of aryl methyl sites for hydroxylation is 2. The number of amides is 1. The minimum atomic E-state index is -0.797.